The Kier molecular flexibility index (Phi) is 4.67. The van der Waals surface area contributed by atoms with Gasteiger partial charge in [-0.15, -0.1) is 0 Å². The number of methoxy groups -OCH3 is 1. The molecular formula is C14H18BrN3O2. The van der Waals surface area contributed by atoms with Crippen molar-refractivity contribution in [2.75, 3.05) is 14.2 Å². The summed E-state index contributed by atoms with van der Waals surface area (Å²) in [4.78, 5) is 6.46. The molecule has 5 nitrogen and oxygen atoms in total. The van der Waals surface area contributed by atoms with Crippen molar-refractivity contribution < 1.29 is 9.84 Å². The standard InChI is InChI=1S/C14H18BrN3O2/c1-17(9-13-16-4-5-18(13)2)8-10-6-11(15)14(19)12(7-10)20-3/h4-7,19H,8-9H2,1-3H3. The summed E-state index contributed by atoms with van der Waals surface area (Å²) in [6, 6.07) is 3.74. The van der Waals surface area contributed by atoms with Crippen LogP contribution in [0.3, 0.4) is 0 Å². The van der Waals surface area contributed by atoms with Crippen molar-refractivity contribution in [3.8, 4) is 11.5 Å². The van der Waals surface area contributed by atoms with Crippen molar-refractivity contribution >= 4 is 15.9 Å². The van der Waals surface area contributed by atoms with Gasteiger partial charge in [0.25, 0.3) is 0 Å². The second-order valence-corrected chi connectivity index (χ2v) is 5.61. The van der Waals surface area contributed by atoms with Gasteiger partial charge in [-0.3, -0.25) is 4.90 Å². The molecule has 0 bridgehead atoms. The van der Waals surface area contributed by atoms with Gasteiger partial charge in [0.05, 0.1) is 18.1 Å². The lowest BCUT2D eigenvalue weighted by Gasteiger charge is -2.17. The highest BCUT2D eigenvalue weighted by molar-refractivity contribution is 9.10. The summed E-state index contributed by atoms with van der Waals surface area (Å²) >= 11 is 3.33. The molecule has 0 aliphatic carbocycles. The number of hydrogen-bond acceptors (Lipinski definition) is 4. The van der Waals surface area contributed by atoms with Gasteiger partial charge in [0.2, 0.25) is 0 Å². The van der Waals surface area contributed by atoms with Gasteiger partial charge in [0.1, 0.15) is 5.82 Å². The third-order valence-electron chi connectivity index (χ3n) is 3.09. The maximum absolute atomic E-state index is 9.80. The molecule has 0 unspecified atom stereocenters. The third kappa shape index (κ3) is 3.32. The first-order valence-electron chi connectivity index (χ1n) is 6.21. The molecule has 0 radical (unpaired) electrons. The number of aromatic hydroxyl groups is 1. The number of imidazole rings is 1. The zero-order valence-corrected chi connectivity index (χ0v) is 13.4. The summed E-state index contributed by atoms with van der Waals surface area (Å²) in [5.41, 5.74) is 1.06. The fourth-order valence-corrected chi connectivity index (χ4v) is 2.52. The van der Waals surface area contributed by atoms with Crippen LogP contribution in [0.1, 0.15) is 11.4 Å². The molecule has 20 heavy (non-hydrogen) atoms. The predicted molar refractivity (Wildman–Crippen MR) is 80.7 cm³/mol. The van der Waals surface area contributed by atoms with E-state index in [1.54, 1.807) is 13.3 Å². The fraction of sp³-hybridized carbons (Fsp3) is 0.357. The highest BCUT2D eigenvalue weighted by atomic mass is 79.9. The van der Waals surface area contributed by atoms with Gasteiger partial charge in [0.15, 0.2) is 11.5 Å². The average molecular weight is 340 g/mol. The fourth-order valence-electron chi connectivity index (χ4n) is 2.03. The number of rotatable bonds is 5. The molecule has 0 saturated heterocycles. The van der Waals surface area contributed by atoms with Crippen molar-refractivity contribution in [2.24, 2.45) is 7.05 Å². The van der Waals surface area contributed by atoms with Gasteiger partial charge in [-0.05, 0) is 40.7 Å². The number of phenolic OH excluding ortho intramolecular Hbond substituents is 1. The Bertz CT molecular complexity index is 598. The average Bonchev–Trinajstić information content (AvgIpc) is 2.79. The number of nitrogens with zero attached hydrogens (tertiary/aromatic N) is 3. The zero-order chi connectivity index (χ0) is 14.7. The van der Waals surface area contributed by atoms with E-state index >= 15 is 0 Å². The topological polar surface area (TPSA) is 50.5 Å². The number of ether oxygens (including phenoxy) is 1. The Morgan fingerprint density at radius 3 is 2.75 bits per heavy atom. The van der Waals surface area contributed by atoms with Gasteiger partial charge in [-0.2, -0.15) is 0 Å². The van der Waals surface area contributed by atoms with E-state index in [9.17, 15) is 5.11 Å². The highest BCUT2D eigenvalue weighted by Crippen LogP contribution is 2.35. The van der Waals surface area contributed by atoms with E-state index in [-0.39, 0.29) is 5.75 Å². The number of hydrogen-bond donors (Lipinski definition) is 1. The summed E-state index contributed by atoms with van der Waals surface area (Å²) in [7, 11) is 5.56. The Balaban J connectivity index is 2.10. The molecule has 1 N–H and O–H groups in total. The van der Waals surface area contributed by atoms with E-state index in [0.717, 1.165) is 24.5 Å². The Morgan fingerprint density at radius 2 is 2.15 bits per heavy atom. The number of halogens is 1. The van der Waals surface area contributed by atoms with E-state index in [1.165, 1.54) is 0 Å². The van der Waals surface area contributed by atoms with Gasteiger partial charge in [0, 0.05) is 26.0 Å². The largest absolute Gasteiger partial charge is 0.503 e. The van der Waals surface area contributed by atoms with Crippen molar-refractivity contribution in [2.45, 2.75) is 13.1 Å². The number of phenols is 1. The first-order valence-corrected chi connectivity index (χ1v) is 7.00. The molecule has 0 amide bonds. The van der Waals surface area contributed by atoms with Crippen LogP contribution in [0.2, 0.25) is 0 Å². The van der Waals surface area contributed by atoms with Crippen molar-refractivity contribution in [1.29, 1.82) is 0 Å². The Hall–Kier alpha value is -1.53. The lowest BCUT2D eigenvalue weighted by atomic mass is 10.2. The first-order chi connectivity index (χ1) is 9.51. The second-order valence-electron chi connectivity index (χ2n) is 4.76. The minimum Gasteiger partial charge on any atom is -0.503 e. The first kappa shape index (κ1) is 14.9. The molecule has 1 aromatic heterocycles. The monoisotopic (exact) mass is 339 g/mol. The third-order valence-corrected chi connectivity index (χ3v) is 3.70. The predicted octanol–water partition coefficient (Wildman–Crippen LogP) is 2.53. The zero-order valence-electron chi connectivity index (χ0n) is 11.8. The van der Waals surface area contributed by atoms with Crippen molar-refractivity contribution in [3.63, 3.8) is 0 Å². The molecule has 1 heterocycles. The minimum atomic E-state index is 0.128. The summed E-state index contributed by atoms with van der Waals surface area (Å²) in [5.74, 6) is 1.61. The van der Waals surface area contributed by atoms with Crippen LogP contribution >= 0.6 is 15.9 Å². The van der Waals surface area contributed by atoms with Crippen LogP contribution in [-0.4, -0.2) is 33.7 Å². The summed E-state index contributed by atoms with van der Waals surface area (Å²) in [6.45, 7) is 1.49. The minimum absolute atomic E-state index is 0.128. The van der Waals surface area contributed by atoms with E-state index < -0.39 is 0 Å². The molecule has 0 aliphatic rings. The highest BCUT2D eigenvalue weighted by Gasteiger charge is 2.11. The van der Waals surface area contributed by atoms with Crippen LogP contribution in [0.25, 0.3) is 0 Å². The molecule has 0 aliphatic heterocycles. The van der Waals surface area contributed by atoms with Crippen LogP contribution in [-0.2, 0) is 20.1 Å². The van der Waals surface area contributed by atoms with Crippen LogP contribution in [0, 0.1) is 0 Å². The molecular weight excluding hydrogens is 322 g/mol. The summed E-state index contributed by atoms with van der Waals surface area (Å²) < 4.78 is 7.80. The Morgan fingerprint density at radius 1 is 1.40 bits per heavy atom. The quantitative estimate of drug-likeness (QED) is 0.909. The van der Waals surface area contributed by atoms with Crippen LogP contribution in [0.5, 0.6) is 11.5 Å². The molecule has 1 aromatic carbocycles. The van der Waals surface area contributed by atoms with E-state index in [1.807, 2.05) is 37.0 Å². The maximum atomic E-state index is 9.80. The van der Waals surface area contributed by atoms with E-state index in [2.05, 4.69) is 25.8 Å². The lowest BCUT2D eigenvalue weighted by molar-refractivity contribution is 0.305. The number of benzene rings is 1. The van der Waals surface area contributed by atoms with Gasteiger partial charge >= 0.3 is 0 Å². The molecule has 2 rings (SSSR count). The van der Waals surface area contributed by atoms with Gasteiger partial charge in [-0.25, -0.2) is 4.98 Å². The molecule has 2 aromatic rings. The number of aromatic nitrogens is 2. The molecule has 108 valence electrons. The van der Waals surface area contributed by atoms with E-state index in [0.29, 0.717) is 10.2 Å². The smallest absolute Gasteiger partial charge is 0.172 e. The molecule has 6 heteroatoms. The second kappa shape index (κ2) is 6.28. The normalized spacial score (nSPS) is 11.1. The van der Waals surface area contributed by atoms with Crippen LogP contribution in [0.4, 0.5) is 0 Å². The van der Waals surface area contributed by atoms with Crippen molar-refractivity contribution in [3.05, 3.63) is 40.4 Å². The Labute approximate surface area is 126 Å². The molecule has 0 spiro atoms. The molecule has 0 atom stereocenters. The number of aryl methyl sites for hydroxylation is 1. The van der Waals surface area contributed by atoms with Crippen molar-refractivity contribution in [1.82, 2.24) is 14.5 Å². The van der Waals surface area contributed by atoms with E-state index in [4.69, 9.17) is 4.74 Å². The van der Waals surface area contributed by atoms with Crippen LogP contribution in [0.15, 0.2) is 29.0 Å². The summed E-state index contributed by atoms with van der Waals surface area (Å²) in [6.07, 6.45) is 3.73. The van der Waals surface area contributed by atoms with Gasteiger partial charge in [-0.1, -0.05) is 0 Å². The molecule has 0 fully saturated rings. The van der Waals surface area contributed by atoms with Crippen LogP contribution < -0.4 is 4.74 Å². The molecule has 0 saturated carbocycles. The summed E-state index contributed by atoms with van der Waals surface area (Å²) in [5, 5.41) is 9.80. The SMILES string of the molecule is COc1cc(CN(C)Cc2nccn2C)cc(Br)c1O. The van der Waals surface area contributed by atoms with Gasteiger partial charge < -0.3 is 14.4 Å². The maximum Gasteiger partial charge on any atom is 0.172 e. The lowest BCUT2D eigenvalue weighted by Crippen LogP contribution is -2.19.